The van der Waals surface area contributed by atoms with Crippen LogP contribution < -0.4 is 5.73 Å². The van der Waals surface area contributed by atoms with Crippen LogP contribution in [0.4, 0.5) is 0 Å². The number of hydrogen-bond donors (Lipinski definition) is 1. The van der Waals surface area contributed by atoms with Crippen molar-refractivity contribution in [1.29, 1.82) is 0 Å². The first-order valence-electron chi connectivity index (χ1n) is 5.07. The van der Waals surface area contributed by atoms with Crippen LogP contribution in [0.15, 0.2) is 0 Å². The van der Waals surface area contributed by atoms with Gasteiger partial charge in [0.25, 0.3) is 0 Å². The monoisotopic (exact) mass is 203 g/mol. The second-order valence-corrected chi connectivity index (χ2v) is 3.60. The Kier molecular flexibility index (Phi) is 7.42. The zero-order valence-corrected chi connectivity index (χ0v) is 9.29. The van der Waals surface area contributed by atoms with Crippen molar-refractivity contribution in [3.63, 3.8) is 0 Å². The van der Waals surface area contributed by atoms with E-state index in [2.05, 4.69) is 0 Å². The highest BCUT2D eigenvalue weighted by Crippen LogP contribution is 2.03. The van der Waals surface area contributed by atoms with Gasteiger partial charge in [0, 0.05) is 6.61 Å². The summed E-state index contributed by atoms with van der Waals surface area (Å²) in [6.45, 7) is 7.30. The molecule has 0 bridgehead atoms. The van der Waals surface area contributed by atoms with E-state index in [-0.39, 0.29) is 5.97 Å². The maximum Gasteiger partial charge on any atom is 0.322 e. The van der Waals surface area contributed by atoms with Gasteiger partial charge in [-0.25, -0.2) is 0 Å². The minimum atomic E-state index is -0.503. The molecule has 0 aromatic carbocycles. The summed E-state index contributed by atoms with van der Waals surface area (Å²) < 4.78 is 9.94. The van der Waals surface area contributed by atoms with Crippen molar-refractivity contribution < 1.29 is 14.3 Å². The Balaban J connectivity index is 3.52. The molecule has 0 aliphatic rings. The van der Waals surface area contributed by atoms with Gasteiger partial charge in [0.15, 0.2) is 0 Å². The lowest BCUT2D eigenvalue weighted by atomic mass is 10.1. The third-order valence-corrected chi connectivity index (χ3v) is 1.70. The second-order valence-electron chi connectivity index (χ2n) is 3.60. The van der Waals surface area contributed by atoms with Crippen LogP contribution in [-0.4, -0.2) is 31.8 Å². The molecule has 2 N–H and O–H groups in total. The van der Waals surface area contributed by atoms with Crippen LogP contribution in [0, 0.1) is 5.92 Å². The molecule has 0 unspecified atom stereocenters. The number of hydrogen-bond acceptors (Lipinski definition) is 4. The number of carbonyl (C=O) groups excluding carboxylic acids is 1. The van der Waals surface area contributed by atoms with E-state index in [0.29, 0.717) is 32.2 Å². The van der Waals surface area contributed by atoms with E-state index >= 15 is 0 Å². The normalized spacial score (nSPS) is 12.9. The summed E-state index contributed by atoms with van der Waals surface area (Å²) in [5.41, 5.74) is 5.62. The van der Waals surface area contributed by atoms with Gasteiger partial charge in [-0.3, -0.25) is 4.79 Å². The number of carbonyl (C=O) groups is 1. The lowest BCUT2D eigenvalue weighted by Crippen LogP contribution is -2.34. The molecule has 4 heteroatoms. The third-order valence-electron chi connectivity index (χ3n) is 1.70. The summed E-state index contributed by atoms with van der Waals surface area (Å²) in [6, 6.07) is -0.503. The summed E-state index contributed by atoms with van der Waals surface area (Å²) in [4.78, 5) is 11.2. The van der Waals surface area contributed by atoms with Gasteiger partial charge < -0.3 is 15.2 Å². The van der Waals surface area contributed by atoms with Crippen molar-refractivity contribution in [1.82, 2.24) is 0 Å². The smallest absolute Gasteiger partial charge is 0.322 e. The number of rotatable bonds is 7. The fraction of sp³-hybridized carbons (Fsp3) is 0.900. The predicted octanol–water partition coefficient (Wildman–Crippen LogP) is 0.939. The molecule has 4 nitrogen and oxygen atoms in total. The molecule has 0 amide bonds. The Morgan fingerprint density at radius 1 is 1.36 bits per heavy atom. The van der Waals surface area contributed by atoms with E-state index < -0.39 is 6.04 Å². The zero-order valence-electron chi connectivity index (χ0n) is 9.29. The topological polar surface area (TPSA) is 61.5 Å². The average Bonchev–Trinajstić information content (AvgIpc) is 2.11. The summed E-state index contributed by atoms with van der Waals surface area (Å²) in [6.07, 6.45) is 0.660. The van der Waals surface area contributed by atoms with Gasteiger partial charge in [-0.05, 0) is 19.3 Å². The van der Waals surface area contributed by atoms with Gasteiger partial charge in [0.1, 0.15) is 12.6 Å². The lowest BCUT2D eigenvalue weighted by Gasteiger charge is -2.13. The number of nitrogens with two attached hydrogens (primary N) is 1. The van der Waals surface area contributed by atoms with Crippen LogP contribution in [0.3, 0.4) is 0 Å². The van der Waals surface area contributed by atoms with Crippen molar-refractivity contribution in [2.75, 3.05) is 19.8 Å². The van der Waals surface area contributed by atoms with Crippen LogP contribution >= 0.6 is 0 Å². The van der Waals surface area contributed by atoms with E-state index in [1.807, 2.05) is 20.8 Å². The van der Waals surface area contributed by atoms with Crippen LogP contribution in [0.2, 0.25) is 0 Å². The summed E-state index contributed by atoms with van der Waals surface area (Å²) in [5, 5.41) is 0. The summed E-state index contributed by atoms with van der Waals surface area (Å²) in [7, 11) is 0. The molecule has 0 radical (unpaired) electrons. The van der Waals surface area contributed by atoms with Gasteiger partial charge in [0.05, 0.1) is 6.61 Å². The quantitative estimate of drug-likeness (QED) is 0.494. The molecule has 0 rings (SSSR count). The molecule has 0 heterocycles. The number of ether oxygens (including phenoxy) is 2. The lowest BCUT2D eigenvalue weighted by molar-refractivity contribution is -0.147. The molecule has 0 fully saturated rings. The van der Waals surface area contributed by atoms with E-state index in [1.54, 1.807) is 0 Å². The van der Waals surface area contributed by atoms with Gasteiger partial charge in [0.2, 0.25) is 0 Å². The SMILES string of the molecule is CCOCCOC(=O)[C@@H](N)CC(C)C. The third kappa shape index (κ3) is 6.86. The fourth-order valence-corrected chi connectivity index (χ4v) is 1.06. The zero-order chi connectivity index (χ0) is 11.0. The van der Waals surface area contributed by atoms with Crippen molar-refractivity contribution >= 4 is 5.97 Å². The Hall–Kier alpha value is -0.610. The highest BCUT2D eigenvalue weighted by Gasteiger charge is 2.15. The Morgan fingerprint density at radius 3 is 2.50 bits per heavy atom. The molecule has 0 saturated heterocycles. The van der Waals surface area contributed by atoms with Crippen LogP contribution in [-0.2, 0) is 14.3 Å². The first-order chi connectivity index (χ1) is 6.57. The highest BCUT2D eigenvalue weighted by molar-refractivity contribution is 5.75. The van der Waals surface area contributed by atoms with Crippen molar-refractivity contribution in [3.8, 4) is 0 Å². The van der Waals surface area contributed by atoms with Gasteiger partial charge >= 0.3 is 5.97 Å². The van der Waals surface area contributed by atoms with Gasteiger partial charge in [-0.15, -0.1) is 0 Å². The summed E-state index contributed by atoms with van der Waals surface area (Å²) in [5.74, 6) is 0.0721. The van der Waals surface area contributed by atoms with E-state index in [0.717, 1.165) is 0 Å². The molecular formula is C10H21NO3. The van der Waals surface area contributed by atoms with E-state index in [1.165, 1.54) is 0 Å². The molecular weight excluding hydrogens is 182 g/mol. The fourth-order valence-electron chi connectivity index (χ4n) is 1.06. The molecule has 1 atom stereocenters. The van der Waals surface area contributed by atoms with Crippen molar-refractivity contribution in [2.45, 2.75) is 33.2 Å². The Morgan fingerprint density at radius 2 is 2.00 bits per heavy atom. The molecule has 0 saturated carbocycles. The highest BCUT2D eigenvalue weighted by atomic mass is 16.6. The van der Waals surface area contributed by atoms with Gasteiger partial charge in [-0.2, -0.15) is 0 Å². The molecule has 0 aromatic rings. The molecule has 0 aliphatic heterocycles. The average molecular weight is 203 g/mol. The molecule has 84 valence electrons. The Labute approximate surface area is 85.8 Å². The van der Waals surface area contributed by atoms with E-state index in [4.69, 9.17) is 15.2 Å². The standard InChI is InChI=1S/C10H21NO3/c1-4-13-5-6-14-10(12)9(11)7-8(2)3/h8-9H,4-7,11H2,1-3H3/t9-/m0/s1. The van der Waals surface area contributed by atoms with Gasteiger partial charge in [-0.1, -0.05) is 13.8 Å². The van der Waals surface area contributed by atoms with Crippen molar-refractivity contribution in [3.05, 3.63) is 0 Å². The molecule has 0 aliphatic carbocycles. The Bertz CT molecular complexity index is 159. The molecule has 0 aromatic heterocycles. The first kappa shape index (κ1) is 13.4. The van der Waals surface area contributed by atoms with Crippen molar-refractivity contribution in [2.24, 2.45) is 11.7 Å². The number of esters is 1. The van der Waals surface area contributed by atoms with E-state index in [9.17, 15) is 4.79 Å². The minimum Gasteiger partial charge on any atom is -0.462 e. The summed E-state index contributed by atoms with van der Waals surface area (Å²) >= 11 is 0. The maximum atomic E-state index is 11.2. The first-order valence-corrected chi connectivity index (χ1v) is 5.07. The maximum absolute atomic E-state index is 11.2. The molecule has 0 spiro atoms. The minimum absolute atomic E-state index is 0.290. The van der Waals surface area contributed by atoms with Crippen LogP contribution in [0.1, 0.15) is 27.2 Å². The predicted molar refractivity (Wildman–Crippen MR) is 54.9 cm³/mol. The largest absolute Gasteiger partial charge is 0.462 e. The van der Waals surface area contributed by atoms with Crippen LogP contribution in [0.25, 0.3) is 0 Å². The second kappa shape index (κ2) is 7.76. The van der Waals surface area contributed by atoms with Crippen LogP contribution in [0.5, 0.6) is 0 Å². The molecule has 14 heavy (non-hydrogen) atoms.